The lowest BCUT2D eigenvalue weighted by atomic mass is 10.1. The molecule has 0 unspecified atom stereocenters. The maximum atomic E-state index is 15.3. The number of hydrogen-bond donors (Lipinski definition) is 3. The molecule has 4 aromatic rings. The lowest BCUT2D eigenvalue weighted by Gasteiger charge is -2.14. The van der Waals surface area contributed by atoms with Crippen LogP contribution in [0.25, 0.3) is 22.0 Å². The van der Waals surface area contributed by atoms with Gasteiger partial charge in [0.2, 0.25) is 5.95 Å². The number of halogens is 2. The van der Waals surface area contributed by atoms with Gasteiger partial charge >= 0.3 is 7.60 Å². The van der Waals surface area contributed by atoms with E-state index in [0.717, 1.165) is 5.56 Å². The molecule has 0 amide bonds. The van der Waals surface area contributed by atoms with Crippen molar-refractivity contribution in [3.05, 3.63) is 87.0 Å². The van der Waals surface area contributed by atoms with Gasteiger partial charge in [0, 0.05) is 18.5 Å². The van der Waals surface area contributed by atoms with Gasteiger partial charge in [0.25, 0.3) is 5.56 Å². The summed E-state index contributed by atoms with van der Waals surface area (Å²) >= 11 is 6.38. The molecule has 0 saturated heterocycles. The number of pyridine rings is 1. The monoisotopic (exact) mass is 557 g/mol. The molecule has 4 rings (SSSR count). The molecule has 10 nitrogen and oxygen atoms in total. The van der Waals surface area contributed by atoms with Gasteiger partial charge in [0.1, 0.15) is 17.9 Å². The summed E-state index contributed by atoms with van der Waals surface area (Å²) in [7, 11) is -4.23. The van der Waals surface area contributed by atoms with E-state index in [0.29, 0.717) is 22.8 Å². The van der Waals surface area contributed by atoms with E-state index >= 15 is 4.39 Å². The highest BCUT2D eigenvalue weighted by Crippen LogP contribution is 2.34. The number of benzene rings is 2. The van der Waals surface area contributed by atoms with E-state index in [1.807, 2.05) is 6.07 Å². The molecule has 0 fully saturated rings. The zero-order chi connectivity index (χ0) is 27.3. The van der Waals surface area contributed by atoms with E-state index in [4.69, 9.17) is 31.4 Å². The van der Waals surface area contributed by atoms with Gasteiger partial charge in [-0.3, -0.25) is 9.36 Å². The molecule has 0 spiro atoms. The number of nitrogens with one attached hydrogen (secondary N) is 1. The molecule has 0 saturated carbocycles. The Kier molecular flexibility index (Phi) is 8.52. The Hall–Kier alpha value is -3.65. The molecule has 0 atom stereocenters. The molecular formula is C25H22ClFN5O5P. The second kappa shape index (κ2) is 11.8. The molecule has 3 N–H and O–H groups in total. The lowest BCUT2D eigenvalue weighted by Crippen LogP contribution is -2.24. The number of aromatic nitrogens is 3. The summed E-state index contributed by atoms with van der Waals surface area (Å²) in [6, 6.07) is 16.9. The average Bonchev–Trinajstić information content (AvgIpc) is 2.89. The first kappa shape index (κ1) is 27.4. The van der Waals surface area contributed by atoms with Crippen molar-refractivity contribution < 1.29 is 23.5 Å². The number of anilines is 1. The summed E-state index contributed by atoms with van der Waals surface area (Å²) in [6.45, 7) is 0.450. The summed E-state index contributed by atoms with van der Waals surface area (Å²) < 4.78 is 32.2. The number of ether oxygens (including phenoxy) is 1. The molecule has 38 heavy (non-hydrogen) atoms. The SMILES string of the molecule is N#Cc1ccc(Cn2nc(-c3cc(Cl)c(NCCCOCP(=O)(O)O)nc3F)c3ccccc3c2=O)cc1. The largest absolute Gasteiger partial charge is 0.369 e. The average molecular weight is 558 g/mol. The number of nitrogens with zero attached hydrogens (tertiary/aromatic N) is 4. The van der Waals surface area contributed by atoms with E-state index < -0.39 is 19.9 Å². The third kappa shape index (κ3) is 6.61. The summed E-state index contributed by atoms with van der Waals surface area (Å²) in [5.41, 5.74) is 1.07. The lowest BCUT2D eigenvalue weighted by molar-refractivity contribution is 0.156. The maximum Gasteiger partial charge on any atom is 0.350 e. The fourth-order valence-corrected chi connectivity index (χ4v) is 4.30. The third-order valence-corrected chi connectivity index (χ3v) is 6.29. The third-order valence-electron chi connectivity index (χ3n) is 5.49. The first-order chi connectivity index (χ1) is 18.2. The van der Waals surface area contributed by atoms with E-state index in [1.165, 1.54) is 10.7 Å². The van der Waals surface area contributed by atoms with Crippen molar-refractivity contribution in [3.63, 3.8) is 0 Å². The fraction of sp³-hybridized carbons (Fsp3) is 0.200. The van der Waals surface area contributed by atoms with Gasteiger partial charge in [0.15, 0.2) is 0 Å². The van der Waals surface area contributed by atoms with Crippen LogP contribution in [0.15, 0.2) is 59.4 Å². The standard InChI is InChI=1S/C25H22ClFN5O5P/c26-21-12-20(23(27)30-24(21)29-10-3-11-37-15-38(34,35)36)22-18-4-1-2-5-19(18)25(33)32(31-22)14-17-8-6-16(13-28)7-9-17/h1-2,4-9,12H,3,10-11,14-15H2,(H,29,30)(H2,34,35,36). The van der Waals surface area contributed by atoms with Crippen molar-refractivity contribution >= 4 is 35.8 Å². The van der Waals surface area contributed by atoms with Crippen molar-refractivity contribution in [1.29, 1.82) is 5.26 Å². The Bertz CT molecular complexity index is 1620. The van der Waals surface area contributed by atoms with Crippen LogP contribution in [-0.4, -0.2) is 44.1 Å². The Morgan fingerprint density at radius 2 is 1.87 bits per heavy atom. The predicted octanol–water partition coefficient (Wildman–Crippen LogP) is 4.12. The first-order valence-corrected chi connectivity index (χ1v) is 13.6. The molecule has 2 heterocycles. The highest BCUT2D eigenvalue weighted by Gasteiger charge is 2.19. The summed E-state index contributed by atoms with van der Waals surface area (Å²) in [6.07, 6.45) is -0.308. The molecule has 0 radical (unpaired) electrons. The first-order valence-electron chi connectivity index (χ1n) is 11.4. The molecule has 2 aromatic carbocycles. The number of nitriles is 1. The van der Waals surface area contributed by atoms with Crippen LogP contribution in [0.1, 0.15) is 17.5 Å². The van der Waals surface area contributed by atoms with E-state index in [9.17, 15) is 9.36 Å². The molecular weight excluding hydrogens is 536 g/mol. The van der Waals surface area contributed by atoms with Gasteiger partial charge in [-0.15, -0.1) is 0 Å². The van der Waals surface area contributed by atoms with Crippen LogP contribution >= 0.6 is 19.2 Å². The van der Waals surface area contributed by atoms with E-state index in [1.54, 1.807) is 48.5 Å². The minimum atomic E-state index is -4.23. The quantitative estimate of drug-likeness (QED) is 0.148. The predicted molar refractivity (Wildman–Crippen MR) is 140 cm³/mol. The van der Waals surface area contributed by atoms with Crippen LogP contribution in [0.3, 0.4) is 0 Å². The maximum absolute atomic E-state index is 15.3. The molecule has 2 aromatic heterocycles. The Labute approximate surface area is 221 Å². The Morgan fingerprint density at radius 1 is 1.16 bits per heavy atom. The van der Waals surface area contributed by atoms with Crippen LogP contribution in [0, 0.1) is 17.3 Å². The summed E-state index contributed by atoms with van der Waals surface area (Å²) in [5.74, 6) is -0.769. The zero-order valence-electron chi connectivity index (χ0n) is 19.8. The minimum absolute atomic E-state index is 0.00954. The molecule has 196 valence electrons. The van der Waals surface area contributed by atoms with Crippen molar-refractivity contribution in [1.82, 2.24) is 14.8 Å². The summed E-state index contributed by atoms with van der Waals surface area (Å²) in [5, 5.41) is 17.2. The second-order valence-electron chi connectivity index (χ2n) is 8.31. The van der Waals surface area contributed by atoms with Crippen molar-refractivity contribution in [2.75, 3.05) is 24.8 Å². The fourth-order valence-electron chi connectivity index (χ4n) is 3.72. The van der Waals surface area contributed by atoms with Crippen LogP contribution in [0.2, 0.25) is 5.02 Å². The van der Waals surface area contributed by atoms with Crippen LogP contribution < -0.4 is 10.9 Å². The Balaban J connectivity index is 1.61. The normalized spacial score (nSPS) is 11.4. The van der Waals surface area contributed by atoms with E-state index in [2.05, 4.69) is 15.4 Å². The number of fused-ring (bicyclic) bond motifs is 1. The van der Waals surface area contributed by atoms with Gasteiger partial charge < -0.3 is 19.8 Å². The van der Waals surface area contributed by atoms with Crippen LogP contribution in [-0.2, 0) is 15.8 Å². The van der Waals surface area contributed by atoms with Gasteiger partial charge in [-0.25, -0.2) is 9.67 Å². The topological polar surface area (TPSA) is 150 Å². The second-order valence-corrected chi connectivity index (χ2v) is 10.3. The highest BCUT2D eigenvalue weighted by molar-refractivity contribution is 7.51. The Morgan fingerprint density at radius 3 is 2.55 bits per heavy atom. The van der Waals surface area contributed by atoms with Gasteiger partial charge in [-0.05, 0) is 36.2 Å². The molecule has 0 aliphatic rings. The molecule has 13 heteroatoms. The van der Waals surface area contributed by atoms with Crippen molar-refractivity contribution in [2.45, 2.75) is 13.0 Å². The number of rotatable bonds is 10. The van der Waals surface area contributed by atoms with Crippen LogP contribution in [0.4, 0.5) is 10.2 Å². The molecule has 0 bridgehead atoms. The smallest absolute Gasteiger partial charge is 0.350 e. The molecule has 0 aliphatic carbocycles. The minimum Gasteiger partial charge on any atom is -0.369 e. The van der Waals surface area contributed by atoms with E-state index in [-0.39, 0.29) is 47.4 Å². The van der Waals surface area contributed by atoms with Crippen LogP contribution in [0.5, 0.6) is 0 Å². The van der Waals surface area contributed by atoms with Gasteiger partial charge in [0.05, 0.1) is 34.1 Å². The van der Waals surface area contributed by atoms with Crippen molar-refractivity contribution in [3.8, 4) is 17.3 Å². The molecule has 0 aliphatic heterocycles. The van der Waals surface area contributed by atoms with Gasteiger partial charge in [-0.2, -0.15) is 14.8 Å². The van der Waals surface area contributed by atoms with Crippen molar-refractivity contribution in [2.24, 2.45) is 0 Å². The van der Waals surface area contributed by atoms with Gasteiger partial charge in [-0.1, -0.05) is 41.9 Å². The zero-order valence-corrected chi connectivity index (χ0v) is 21.5. The number of hydrogen-bond acceptors (Lipinski definition) is 7. The summed E-state index contributed by atoms with van der Waals surface area (Å²) in [4.78, 5) is 34.7. The highest BCUT2D eigenvalue weighted by atomic mass is 35.5.